The van der Waals surface area contributed by atoms with Gasteiger partial charge in [-0.3, -0.25) is 14.4 Å². The number of rotatable bonds is 5. The van der Waals surface area contributed by atoms with Crippen LogP contribution in [-0.4, -0.2) is 30.5 Å². The molecule has 0 bridgehead atoms. The van der Waals surface area contributed by atoms with E-state index in [1.807, 2.05) is 6.07 Å². The molecule has 1 atom stereocenters. The number of para-hydroxylation sites is 2. The second-order valence-corrected chi connectivity index (χ2v) is 6.22. The summed E-state index contributed by atoms with van der Waals surface area (Å²) in [7, 11) is 0. The molecule has 2 amide bonds. The van der Waals surface area contributed by atoms with Crippen LogP contribution in [0.2, 0.25) is 5.02 Å². The molecule has 0 aliphatic carbocycles. The van der Waals surface area contributed by atoms with E-state index in [0.717, 1.165) is 0 Å². The number of nitrogens with zero attached hydrogens (tertiary/aromatic N) is 1. The molecule has 1 aliphatic heterocycles. The lowest BCUT2D eigenvalue weighted by Gasteiger charge is -2.25. The van der Waals surface area contributed by atoms with Gasteiger partial charge >= 0.3 is 5.97 Å². The van der Waals surface area contributed by atoms with Gasteiger partial charge in [0.2, 0.25) is 0 Å². The summed E-state index contributed by atoms with van der Waals surface area (Å²) in [6.07, 6.45) is -1.38. The highest BCUT2D eigenvalue weighted by Crippen LogP contribution is 2.29. The van der Waals surface area contributed by atoms with Gasteiger partial charge in [0.05, 0.1) is 22.7 Å². The summed E-state index contributed by atoms with van der Waals surface area (Å²) in [5, 5.41) is 14.2. The van der Waals surface area contributed by atoms with Crippen molar-refractivity contribution in [2.75, 3.05) is 17.2 Å². The third-order valence-electron chi connectivity index (χ3n) is 3.80. The zero-order valence-electron chi connectivity index (χ0n) is 14.4. The monoisotopic (exact) mass is 399 g/mol. The Balaban J connectivity index is 1.49. The number of fused-ring (bicyclic) bond motifs is 1. The zero-order valence-corrected chi connectivity index (χ0v) is 15.2. The third-order valence-corrected chi connectivity index (χ3v) is 4.11. The standard InChI is InChI=1S/C19H14ClN3O5/c20-13-7-12(6-5-11(13)9-21)22-17(24)10-27-18(25)8-16-19(26)23-14-3-1-2-4-15(14)28-16/h1-7,16H,8,10H2,(H,22,24)(H,23,26). The maximum atomic E-state index is 12.0. The molecule has 1 aliphatic rings. The van der Waals surface area contributed by atoms with E-state index in [9.17, 15) is 14.4 Å². The number of carbonyl (C=O) groups excluding carboxylic acids is 3. The Kier molecular flexibility index (Phi) is 5.77. The van der Waals surface area contributed by atoms with Crippen molar-refractivity contribution in [1.29, 1.82) is 5.26 Å². The fourth-order valence-corrected chi connectivity index (χ4v) is 2.69. The number of esters is 1. The SMILES string of the molecule is N#Cc1ccc(NC(=O)COC(=O)CC2Oc3ccccc3NC2=O)cc1Cl. The quantitative estimate of drug-likeness (QED) is 0.746. The summed E-state index contributed by atoms with van der Waals surface area (Å²) < 4.78 is 10.4. The summed E-state index contributed by atoms with van der Waals surface area (Å²) in [4.78, 5) is 35.8. The van der Waals surface area contributed by atoms with E-state index in [4.69, 9.17) is 26.3 Å². The average Bonchev–Trinajstić information content (AvgIpc) is 2.67. The van der Waals surface area contributed by atoms with Crippen LogP contribution in [0.5, 0.6) is 5.75 Å². The molecule has 2 aromatic carbocycles. The first kappa shape index (κ1) is 19.2. The maximum absolute atomic E-state index is 12.0. The van der Waals surface area contributed by atoms with Crippen molar-refractivity contribution >= 4 is 40.8 Å². The summed E-state index contributed by atoms with van der Waals surface area (Å²) in [5.74, 6) is -1.36. The van der Waals surface area contributed by atoms with Crippen molar-refractivity contribution in [3.05, 3.63) is 53.1 Å². The van der Waals surface area contributed by atoms with Crippen LogP contribution in [0, 0.1) is 11.3 Å². The van der Waals surface area contributed by atoms with Gasteiger partial charge in [-0.15, -0.1) is 0 Å². The number of anilines is 2. The lowest BCUT2D eigenvalue weighted by atomic mass is 10.1. The molecule has 0 fully saturated rings. The number of halogens is 1. The molecule has 0 aromatic heterocycles. The van der Waals surface area contributed by atoms with Gasteiger partial charge in [0.1, 0.15) is 11.8 Å². The molecule has 0 radical (unpaired) electrons. The van der Waals surface area contributed by atoms with E-state index in [2.05, 4.69) is 10.6 Å². The van der Waals surface area contributed by atoms with Crippen LogP contribution >= 0.6 is 11.6 Å². The first-order valence-corrected chi connectivity index (χ1v) is 8.55. The van der Waals surface area contributed by atoms with Crippen molar-refractivity contribution in [2.45, 2.75) is 12.5 Å². The van der Waals surface area contributed by atoms with Crippen LogP contribution < -0.4 is 15.4 Å². The van der Waals surface area contributed by atoms with Crippen molar-refractivity contribution in [3.8, 4) is 11.8 Å². The lowest BCUT2D eigenvalue weighted by molar-refractivity contribution is -0.150. The Morgan fingerprint density at radius 1 is 1.29 bits per heavy atom. The molecule has 2 aromatic rings. The molecule has 1 unspecified atom stereocenters. The first-order chi connectivity index (χ1) is 13.5. The van der Waals surface area contributed by atoms with Crippen molar-refractivity contribution in [1.82, 2.24) is 0 Å². The van der Waals surface area contributed by atoms with E-state index in [-0.39, 0.29) is 17.0 Å². The molecule has 0 spiro atoms. The highest BCUT2D eigenvalue weighted by atomic mass is 35.5. The lowest BCUT2D eigenvalue weighted by Crippen LogP contribution is -2.39. The number of hydrogen-bond acceptors (Lipinski definition) is 6. The molecule has 0 saturated heterocycles. The first-order valence-electron chi connectivity index (χ1n) is 8.18. The molecule has 28 heavy (non-hydrogen) atoms. The zero-order chi connectivity index (χ0) is 20.1. The molecule has 3 rings (SSSR count). The van der Waals surface area contributed by atoms with Crippen LogP contribution in [0.15, 0.2) is 42.5 Å². The highest BCUT2D eigenvalue weighted by molar-refractivity contribution is 6.32. The van der Waals surface area contributed by atoms with Crippen LogP contribution in [0.1, 0.15) is 12.0 Å². The van der Waals surface area contributed by atoms with Gasteiger partial charge in [-0.1, -0.05) is 23.7 Å². The predicted octanol–water partition coefficient (Wildman–Crippen LogP) is 2.48. The van der Waals surface area contributed by atoms with E-state index >= 15 is 0 Å². The fourth-order valence-electron chi connectivity index (χ4n) is 2.46. The smallest absolute Gasteiger partial charge is 0.310 e. The Labute approximate surface area is 165 Å². The summed E-state index contributed by atoms with van der Waals surface area (Å²) in [6.45, 7) is -0.540. The number of hydrogen-bond donors (Lipinski definition) is 2. The Morgan fingerprint density at radius 3 is 2.82 bits per heavy atom. The van der Waals surface area contributed by atoms with Crippen LogP contribution in [0.4, 0.5) is 11.4 Å². The van der Waals surface area contributed by atoms with Crippen molar-refractivity contribution < 1.29 is 23.9 Å². The van der Waals surface area contributed by atoms with Gasteiger partial charge in [-0.25, -0.2) is 0 Å². The van der Waals surface area contributed by atoms with Crippen LogP contribution in [0.3, 0.4) is 0 Å². The number of ether oxygens (including phenoxy) is 2. The minimum atomic E-state index is -1.04. The molecule has 9 heteroatoms. The number of nitrogens with one attached hydrogen (secondary N) is 2. The number of benzene rings is 2. The van der Waals surface area contributed by atoms with E-state index in [1.165, 1.54) is 18.2 Å². The van der Waals surface area contributed by atoms with Gasteiger partial charge < -0.3 is 20.1 Å². The van der Waals surface area contributed by atoms with Crippen molar-refractivity contribution in [2.24, 2.45) is 0 Å². The Hall–Kier alpha value is -3.57. The second kappa shape index (κ2) is 8.41. The average molecular weight is 400 g/mol. The normalized spacial score (nSPS) is 14.7. The van der Waals surface area contributed by atoms with E-state index < -0.39 is 30.5 Å². The molecular formula is C19H14ClN3O5. The maximum Gasteiger partial charge on any atom is 0.310 e. The second-order valence-electron chi connectivity index (χ2n) is 5.81. The molecule has 142 valence electrons. The van der Waals surface area contributed by atoms with Crippen LogP contribution in [0.25, 0.3) is 0 Å². The van der Waals surface area contributed by atoms with E-state index in [1.54, 1.807) is 24.3 Å². The number of amides is 2. The largest absolute Gasteiger partial charge is 0.478 e. The summed E-state index contributed by atoms with van der Waals surface area (Å²) >= 11 is 5.89. The Bertz CT molecular complexity index is 986. The summed E-state index contributed by atoms with van der Waals surface area (Å²) in [6, 6.07) is 13.1. The van der Waals surface area contributed by atoms with Gasteiger partial charge in [-0.05, 0) is 30.3 Å². The number of nitriles is 1. The molecule has 2 N–H and O–H groups in total. The predicted molar refractivity (Wildman–Crippen MR) is 99.9 cm³/mol. The number of carbonyl (C=O) groups is 3. The molecule has 1 heterocycles. The molecule has 8 nitrogen and oxygen atoms in total. The topological polar surface area (TPSA) is 118 Å². The Morgan fingerprint density at radius 2 is 2.07 bits per heavy atom. The van der Waals surface area contributed by atoms with Gasteiger partial charge in [0, 0.05) is 5.69 Å². The molecule has 0 saturated carbocycles. The fraction of sp³-hybridized carbons (Fsp3) is 0.158. The minimum Gasteiger partial charge on any atom is -0.478 e. The van der Waals surface area contributed by atoms with Crippen molar-refractivity contribution in [3.63, 3.8) is 0 Å². The van der Waals surface area contributed by atoms with Gasteiger partial charge in [0.25, 0.3) is 11.8 Å². The van der Waals surface area contributed by atoms with E-state index in [0.29, 0.717) is 17.1 Å². The minimum absolute atomic E-state index is 0.193. The summed E-state index contributed by atoms with van der Waals surface area (Å²) in [5.41, 5.74) is 1.16. The van der Waals surface area contributed by atoms with Crippen LogP contribution in [-0.2, 0) is 19.1 Å². The highest BCUT2D eigenvalue weighted by Gasteiger charge is 2.30. The van der Waals surface area contributed by atoms with Gasteiger partial charge in [-0.2, -0.15) is 5.26 Å². The molecular weight excluding hydrogens is 386 g/mol. The third kappa shape index (κ3) is 4.58. The van der Waals surface area contributed by atoms with Gasteiger partial charge in [0.15, 0.2) is 12.7 Å².